The molecule has 2 heterocycles. The van der Waals surface area contributed by atoms with Crippen molar-refractivity contribution in [3.63, 3.8) is 0 Å². The third-order valence-electron chi connectivity index (χ3n) is 4.82. The lowest BCUT2D eigenvalue weighted by Gasteiger charge is -2.36. The summed E-state index contributed by atoms with van der Waals surface area (Å²) in [5.74, 6) is -0.309. The summed E-state index contributed by atoms with van der Waals surface area (Å²) in [6.07, 6.45) is 2.09. The molecule has 0 aliphatic carbocycles. The largest absolute Gasteiger partial charge is 0.462 e. The summed E-state index contributed by atoms with van der Waals surface area (Å²) in [5.41, 5.74) is 3.77. The summed E-state index contributed by atoms with van der Waals surface area (Å²) in [4.78, 5) is 16.3. The number of aryl methyl sites for hydroxylation is 2. The first-order valence-electron chi connectivity index (χ1n) is 9.51. The summed E-state index contributed by atoms with van der Waals surface area (Å²) in [7, 11) is 1.96. The van der Waals surface area contributed by atoms with E-state index in [1.54, 1.807) is 19.1 Å². The van der Waals surface area contributed by atoms with Crippen molar-refractivity contribution in [2.24, 2.45) is 7.05 Å². The van der Waals surface area contributed by atoms with Crippen LogP contribution in [0.15, 0.2) is 30.5 Å². The van der Waals surface area contributed by atoms with Gasteiger partial charge in [-0.1, -0.05) is 0 Å². The van der Waals surface area contributed by atoms with Gasteiger partial charge in [0.15, 0.2) is 5.11 Å². The first-order valence-corrected chi connectivity index (χ1v) is 9.91. The summed E-state index contributed by atoms with van der Waals surface area (Å²) >= 11 is 5.57. The maximum absolute atomic E-state index is 11.7. The summed E-state index contributed by atoms with van der Waals surface area (Å²) in [6.45, 7) is 8.81. The number of rotatable bonds is 5. The Morgan fingerprint density at radius 1 is 1.21 bits per heavy atom. The molecule has 0 radical (unpaired) electrons. The fourth-order valence-electron chi connectivity index (χ4n) is 3.26. The van der Waals surface area contributed by atoms with Gasteiger partial charge in [-0.25, -0.2) is 4.79 Å². The Hall–Kier alpha value is -2.45. The maximum Gasteiger partial charge on any atom is 0.338 e. The summed E-state index contributed by atoms with van der Waals surface area (Å²) in [6, 6.07) is 7.19. The third kappa shape index (κ3) is 5.08. The second-order valence-electron chi connectivity index (χ2n) is 6.90. The number of anilines is 1. The highest BCUT2D eigenvalue weighted by Crippen LogP contribution is 2.14. The molecule has 1 aliphatic rings. The van der Waals surface area contributed by atoms with E-state index < -0.39 is 0 Å². The molecule has 0 spiro atoms. The molecule has 0 amide bonds. The minimum absolute atomic E-state index is 0.309. The zero-order valence-corrected chi connectivity index (χ0v) is 17.5. The maximum atomic E-state index is 11.7. The molecule has 1 aliphatic heterocycles. The van der Waals surface area contributed by atoms with E-state index in [0.29, 0.717) is 17.3 Å². The number of piperazine rings is 1. The van der Waals surface area contributed by atoms with Gasteiger partial charge in [-0.3, -0.25) is 9.58 Å². The summed E-state index contributed by atoms with van der Waals surface area (Å²) < 4.78 is 6.87. The molecule has 1 N–H and O–H groups in total. The monoisotopic (exact) mass is 401 g/mol. The van der Waals surface area contributed by atoms with Crippen molar-refractivity contribution in [1.82, 2.24) is 19.6 Å². The van der Waals surface area contributed by atoms with Gasteiger partial charge in [0.2, 0.25) is 0 Å². The van der Waals surface area contributed by atoms with Crippen molar-refractivity contribution in [2.75, 3.05) is 38.1 Å². The van der Waals surface area contributed by atoms with E-state index >= 15 is 0 Å². The highest BCUT2D eigenvalue weighted by molar-refractivity contribution is 7.80. The van der Waals surface area contributed by atoms with E-state index in [2.05, 4.69) is 33.3 Å². The molecular formula is C20H27N5O2S. The van der Waals surface area contributed by atoms with Crippen LogP contribution >= 0.6 is 12.2 Å². The Labute approximate surface area is 171 Å². The van der Waals surface area contributed by atoms with Crippen molar-refractivity contribution >= 4 is 29.0 Å². The molecule has 1 saturated heterocycles. The predicted octanol–water partition coefficient (Wildman–Crippen LogP) is 2.42. The van der Waals surface area contributed by atoms with E-state index in [9.17, 15) is 4.79 Å². The molecule has 1 aromatic carbocycles. The van der Waals surface area contributed by atoms with Crippen LogP contribution in [0.3, 0.4) is 0 Å². The molecule has 28 heavy (non-hydrogen) atoms. The predicted molar refractivity (Wildman–Crippen MR) is 113 cm³/mol. The molecule has 0 saturated carbocycles. The topological polar surface area (TPSA) is 62.6 Å². The molecule has 7 nitrogen and oxygen atoms in total. The number of thiocarbonyl (C=S) groups is 1. The van der Waals surface area contributed by atoms with Crippen LogP contribution in [0.4, 0.5) is 5.69 Å². The number of hydrogen-bond donors (Lipinski definition) is 1. The Bertz CT molecular complexity index is 826. The number of ether oxygens (including phenoxy) is 1. The van der Waals surface area contributed by atoms with Gasteiger partial charge in [-0.05, 0) is 50.3 Å². The van der Waals surface area contributed by atoms with Gasteiger partial charge in [0.25, 0.3) is 0 Å². The number of carbonyl (C=O) groups is 1. The normalized spacial score (nSPS) is 14.8. The molecule has 0 atom stereocenters. The Morgan fingerprint density at radius 3 is 2.46 bits per heavy atom. The highest BCUT2D eigenvalue weighted by atomic mass is 32.1. The second kappa shape index (κ2) is 9.16. The van der Waals surface area contributed by atoms with Crippen molar-refractivity contribution < 1.29 is 9.53 Å². The molecule has 2 aromatic rings. The second-order valence-corrected chi connectivity index (χ2v) is 7.29. The molecule has 3 rings (SSSR count). The van der Waals surface area contributed by atoms with E-state index in [4.69, 9.17) is 17.0 Å². The van der Waals surface area contributed by atoms with Crippen LogP contribution in [0.2, 0.25) is 0 Å². The minimum Gasteiger partial charge on any atom is -0.462 e. The van der Waals surface area contributed by atoms with Crippen LogP contribution in [0.25, 0.3) is 0 Å². The van der Waals surface area contributed by atoms with Gasteiger partial charge in [0.05, 0.1) is 17.9 Å². The number of esters is 1. The van der Waals surface area contributed by atoms with Gasteiger partial charge in [-0.2, -0.15) is 5.10 Å². The lowest BCUT2D eigenvalue weighted by atomic mass is 10.2. The molecule has 1 aromatic heterocycles. The molecule has 0 bridgehead atoms. The van der Waals surface area contributed by atoms with E-state index in [1.807, 2.05) is 23.9 Å². The summed E-state index contributed by atoms with van der Waals surface area (Å²) in [5, 5.41) is 8.38. The zero-order chi connectivity index (χ0) is 20.1. The van der Waals surface area contributed by atoms with E-state index in [0.717, 1.165) is 44.1 Å². The number of carbonyl (C=O) groups excluding carboxylic acids is 1. The van der Waals surface area contributed by atoms with Crippen LogP contribution in [0, 0.1) is 6.92 Å². The van der Waals surface area contributed by atoms with Crippen LogP contribution in [-0.4, -0.2) is 63.4 Å². The number of aromatic nitrogens is 2. The molecular weight excluding hydrogens is 374 g/mol. The molecule has 8 heteroatoms. The Morgan fingerprint density at radius 2 is 1.89 bits per heavy atom. The lowest BCUT2D eigenvalue weighted by Crippen LogP contribution is -2.49. The number of hydrogen-bond acceptors (Lipinski definition) is 5. The van der Waals surface area contributed by atoms with Gasteiger partial charge in [-0.15, -0.1) is 0 Å². The van der Waals surface area contributed by atoms with Crippen LogP contribution in [-0.2, 0) is 18.3 Å². The quantitative estimate of drug-likeness (QED) is 0.610. The van der Waals surface area contributed by atoms with Crippen molar-refractivity contribution in [2.45, 2.75) is 20.4 Å². The Balaban J connectivity index is 1.48. The molecule has 0 unspecified atom stereocenters. The Kier molecular flexibility index (Phi) is 6.64. The standard InChI is InChI=1S/C20H27N5O2S/c1-4-27-19(26)16-5-7-18(8-6-16)21-20(28)25-11-9-24(10-12-25)14-17-13-23(3)22-15(17)2/h5-8,13H,4,9-12,14H2,1-3H3,(H,21,28). The smallest absolute Gasteiger partial charge is 0.338 e. The molecule has 150 valence electrons. The minimum atomic E-state index is -0.309. The van der Waals surface area contributed by atoms with Crippen LogP contribution in [0.1, 0.15) is 28.5 Å². The van der Waals surface area contributed by atoms with Crippen molar-refractivity contribution in [3.8, 4) is 0 Å². The number of benzene rings is 1. The third-order valence-corrected chi connectivity index (χ3v) is 5.18. The van der Waals surface area contributed by atoms with Crippen molar-refractivity contribution in [3.05, 3.63) is 47.3 Å². The molecule has 1 fully saturated rings. The lowest BCUT2D eigenvalue weighted by molar-refractivity contribution is 0.0526. The van der Waals surface area contributed by atoms with Crippen LogP contribution in [0.5, 0.6) is 0 Å². The fourth-order valence-corrected chi connectivity index (χ4v) is 3.56. The average Bonchev–Trinajstić information content (AvgIpc) is 3.00. The first kappa shape index (κ1) is 20.3. The number of nitrogens with zero attached hydrogens (tertiary/aromatic N) is 4. The van der Waals surface area contributed by atoms with Gasteiger partial charge >= 0.3 is 5.97 Å². The number of nitrogens with one attached hydrogen (secondary N) is 1. The van der Waals surface area contributed by atoms with Gasteiger partial charge in [0, 0.05) is 57.2 Å². The van der Waals surface area contributed by atoms with E-state index in [-0.39, 0.29) is 5.97 Å². The van der Waals surface area contributed by atoms with Crippen LogP contribution < -0.4 is 5.32 Å². The first-order chi connectivity index (χ1) is 13.5. The SMILES string of the molecule is CCOC(=O)c1ccc(NC(=S)N2CCN(Cc3cn(C)nc3C)CC2)cc1. The van der Waals surface area contributed by atoms with Gasteiger partial charge < -0.3 is 15.0 Å². The van der Waals surface area contributed by atoms with E-state index in [1.165, 1.54) is 5.56 Å². The zero-order valence-electron chi connectivity index (χ0n) is 16.6. The average molecular weight is 402 g/mol. The highest BCUT2D eigenvalue weighted by Gasteiger charge is 2.20. The fraction of sp³-hybridized carbons (Fsp3) is 0.450. The van der Waals surface area contributed by atoms with Crippen molar-refractivity contribution in [1.29, 1.82) is 0 Å². The van der Waals surface area contributed by atoms with Gasteiger partial charge in [0.1, 0.15) is 0 Å².